The standard InChI is InChI=1S/C10H18N4O3/c1-6(2)8(15)5-11-9-10(14(16)17)12-7(3)13(9)4/h6,8,11,15H,5H2,1-4H3. The number of hydrogen-bond acceptors (Lipinski definition) is 5. The summed E-state index contributed by atoms with van der Waals surface area (Å²) < 4.78 is 1.60. The van der Waals surface area contributed by atoms with Crippen molar-refractivity contribution in [1.29, 1.82) is 0 Å². The Labute approximate surface area is 99.6 Å². The summed E-state index contributed by atoms with van der Waals surface area (Å²) in [6, 6.07) is 0. The van der Waals surface area contributed by atoms with Gasteiger partial charge >= 0.3 is 5.82 Å². The molecule has 2 N–H and O–H groups in total. The first kappa shape index (κ1) is 13.4. The third kappa shape index (κ3) is 2.94. The number of anilines is 1. The van der Waals surface area contributed by atoms with Crippen molar-refractivity contribution >= 4 is 11.6 Å². The number of nitrogens with one attached hydrogen (secondary N) is 1. The molecular formula is C10H18N4O3. The lowest BCUT2D eigenvalue weighted by atomic mass is 10.1. The Kier molecular flexibility index (Phi) is 4.06. The third-order valence-corrected chi connectivity index (χ3v) is 2.72. The zero-order valence-electron chi connectivity index (χ0n) is 10.5. The van der Waals surface area contributed by atoms with E-state index in [-0.39, 0.29) is 18.3 Å². The monoisotopic (exact) mass is 242 g/mol. The molecule has 0 saturated heterocycles. The molecule has 1 atom stereocenters. The smallest absolute Gasteiger partial charge is 0.391 e. The van der Waals surface area contributed by atoms with Crippen LogP contribution in [0.3, 0.4) is 0 Å². The van der Waals surface area contributed by atoms with E-state index < -0.39 is 11.0 Å². The van der Waals surface area contributed by atoms with Gasteiger partial charge in [0, 0.05) is 20.5 Å². The van der Waals surface area contributed by atoms with Crippen LogP contribution in [0.1, 0.15) is 19.7 Å². The van der Waals surface area contributed by atoms with E-state index in [4.69, 9.17) is 0 Å². The van der Waals surface area contributed by atoms with Gasteiger partial charge in [0.15, 0.2) is 0 Å². The molecule has 0 aliphatic heterocycles. The maximum atomic E-state index is 10.8. The summed E-state index contributed by atoms with van der Waals surface area (Å²) in [6.07, 6.45) is -0.551. The summed E-state index contributed by atoms with van der Waals surface area (Å²) in [5.74, 6) is 0.766. The van der Waals surface area contributed by atoms with Crippen LogP contribution in [0.25, 0.3) is 0 Å². The number of imidazole rings is 1. The lowest BCUT2D eigenvalue weighted by molar-refractivity contribution is -0.388. The molecule has 0 amide bonds. The number of nitro groups is 1. The first-order valence-electron chi connectivity index (χ1n) is 5.44. The molecule has 0 saturated carbocycles. The molecule has 17 heavy (non-hydrogen) atoms. The van der Waals surface area contributed by atoms with E-state index in [1.807, 2.05) is 13.8 Å². The second-order valence-electron chi connectivity index (χ2n) is 4.34. The highest BCUT2D eigenvalue weighted by Crippen LogP contribution is 2.23. The van der Waals surface area contributed by atoms with Crippen LogP contribution >= 0.6 is 0 Å². The Hall–Kier alpha value is -1.63. The Morgan fingerprint density at radius 2 is 2.18 bits per heavy atom. The Morgan fingerprint density at radius 1 is 1.59 bits per heavy atom. The molecule has 7 heteroatoms. The fraction of sp³-hybridized carbons (Fsp3) is 0.700. The number of aryl methyl sites for hydroxylation is 1. The van der Waals surface area contributed by atoms with Crippen molar-refractivity contribution in [2.45, 2.75) is 26.9 Å². The highest BCUT2D eigenvalue weighted by molar-refractivity contribution is 5.53. The largest absolute Gasteiger partial charge is 0.406 e. The van der Waals surface area contributed by atoms with Gasteiger partial charge in [-0.1, -0.05) is 13.8 Å². The molecule has 0 spiro atoms. The van der Waals surface area contributed by atoms with Gasteiger partial charge in [-0.2, -0.15) is 0 Å². The van der Waals surface area contributed by atoms with E-state index in [0.29, 0.717) is 11.6 Å². The van der Waals surface area contributed by atoms with Gasteiger partial charge in [-0.3, -0.25) is 4.57 Å². The van der Waals surface area contributed by atoms with Crippen LogP contribution in [-0.4, -0.2) is 32.2 Å². The van der Waals surface area contributed by atoms with Crippen molar-refractivity contribution in [2.75, 3.05) is 11.9 Å². The fourth-order valence-electron chi connectivity index (χ4n) is 1.35. The third-order valence-electron chi connectivity index (χ3n) is 2.72. The molecule has 1 heterocycles. The molecule has 0 aromatic carbocycles. The summed E-state index contributed by atoms with van der Waals surface area (Å²) in [5, 5.41) is 23.3. The lowest BCUT2D eigenvalue weighted by Gasteiger charge is -2.15. The van der Waals surface area contributed by atoms with Gasteiger partial charge < -0.3 is 20.5 Å². The second kappa shape index (κ2) is 5.13. The zero-order valence-corrected chi connectivity index (χ0v) is 10.5. The van der Waals surface area contributed by atoms with E-state index in [1.54, 1.807) is 18.5 Å². The minimum Gasteiger partial charge on any atom is -0.391 e. The number of aliphatic hydroxyl groups excluding tert-OH is 1. The average Bonchev–Trinajstić information content (AvgIpc) is 2.52. The SMILES string of the molecule is Cc1nc([N+](=O)[O-])c(NCC(O)C(C)C)n1C. The minimum atomic E-state index is -0.551. The Morgan fingerprint density at radius 3 is 2.65 bits per heavy atom. The molecule has 1 aromatic rings. The van der Waals surface area contributed by atoms with Crippen LogP contribution in [0.15, 0.2) is 0 Å². The molecule has 7 nitrogen and oxygen atoms in total. The number of aromatic nitrogens is 2. The van der Waals surface area contributed by atoms with Crippen LogP contribution in [-0.2, 0) is 7.05 Å². The van der Waals surface area contributed by atoms with Crippen molar-refractivity contribution in [3.8, 4) is 0 Å². The molecule has 1 unspecified atom stereocenters. The van der Waals surface area contributed by atoms with Crippen molar-refractivity contribution in [3.63, 3.8) is 0 Å². The van der Waals surface area contributed by atoms with Crippen molar-refractivity contribution in [2.24, 2.45) is 13.0 Å². The van der Waals surface area contributed by atoms with Gasteiger partial charge in [0.1, 0.15) is 0 Å². The maximum absolute atomic E-state index is 10.8. The van der Waals surface area contributed by atoms with Crippen molar-refractivity contribution in [1.82, 2.24) is 9.55 Å². The quantitative estimate of drug-likeness (QED) is 0.595. The number of aliphatic hydroxyl groups is 1. The predicted octanol–water partition coefficient (Wildman–Crippen LogP) is 1.07. The van der Waals surface area contributed by atoms with E-state index in [1.165, 1.54) is 0 Å². The summed E-state index contributed by atoms with van der Waals surface area (Å²) in [6.45, 7) is 5.72. The fourth-order valence-corrected chi connectivity index (χ4v) is 1.35. The van der Waals surface area contributed by atoms with Crippen LogP contribution in [0.5, 0.6) is 0 Å². The first-order valence-corrected chi connectivity index (χ1v) is 5.44. The normalized spacial score (nSPS) is 12.8. The molecule has 1 aromatic heterocycles. The highest BCUT2D eigenvalue weighted by atomic mass is 16.6. The van der Waals surface area contributed by atoms with Gasteiger partial charge in [-0.05, 0) is 15.8 Å². The van der Waals surface area contributed by atoms with Crippen LogP contribution in [0.2, 0.25) is 0 Å². The van der Waals surface area contributed by atoms with E-state index in [9.17, 15) is 15.2 Å². The molecule has 0 aliphatic carbocycles. The van der Waals surface area contributed by atoms with Gasteiger partial charge in [-0.15, -0.1) is 0 Å². The average molecular weight is 242 g/mol. The summed E-state index contributed by atoms with van der Waals surface area (Å²) >= 11 is 0. The molecule has 0 aliphatic rings. The predicted molar refractivity (Wildman–Crippen MR) is 63.9 cm³/mol. The second-order valence-corrected chi connectivity index (χ2v) is 4.34. The highest BCUT2D eigenvalue weighted by Gasteiger charge is 2.24. The molecule has 96 valence electrons. The topological polar surface area (TPSA) is 93.2 Å². The summed E-state index contributed by atoms with van der Waals surface area (Å²) in [7, 11) is 1.69. The first-order chi connectivity index (χ1) is 7.84. The minimum absolute atomic E-state index is 0.0934. The maximum Gasteiger partial charge on any atom is 0.406 e. The van der Waals surface area contributed by atoms with Gasteiger partial charge in [0.2, 0.25) is 11.6 Å². The van der Waals surface area contributed by atoms with Gasteiger partial charge in [0.05, 0.1) is 6.10 Å². The van der Waals surface area contributed by atoms with Crippen LogP contribution < -0.4 is 5.32 Å². The van der Waals surface area contributed by atoms with Crippen molar-refractivity contribution in [3.05, 3.63) is 15.9 Å². The number of nitrogens with zero attached hydrogens (tertiary/aromatic N) is 3. The van der Waals surface area contributed by atoms with E-state index in [0.717, 1.165) is 0 Å². The molecule has 0 fully saturated rings. The van der Waals surface area contributed by atoms with E-state index in [2.05, 4.69) is 10.3 Å². The molecular weight excluding hydrogens is 224 g/mol. The van der Waals surface area contributed by atoms with Crippen LogP contribution in [0.4, 0.5) is 11.6 Å². The van der Waals surface area contributed by atoms with Crippen LogP contribution in [0, 0.1) is 23.0 Å². The van der Waals surface area contributed by atoms with Crippen molar-refractivity contribution < 1.29 is 10.0 Å². The summed E-state index contributed by atoms with van der Waals surface area (Å²) in [4.78, 5) is 14.1. The number of hydrogen-bond donors (Lipinski definition) is 2. The Balaban J connectivity index is 2.86. The number of rotatable bonds is 5. The molecule has 0 bridgehead atoms. The molecule has 1 rings (SSSR count). The van der Waals surface area contributed by atoms with E-state index >= 15 is 0 Å². The molecule has 0 radical (unpaired) electrons. The van der Waals surface area contributed by atoms with Gasteiger partial charge in [0.25, 0.3) is 0 Å². The zero-order chi connectivity index (χ0) is 13.2. The summed E-state index contributed by atoms with van der Waals surface area (Å²) in [5.41, 5.74) is 0. The Bertz CT molecular complexity index is 414. The van der Waals surface area contributed by atoms with Gasteiger partial charge in [-0.25, -0.2) is 0 Å². The lowest BCUT2D eigenvalue weighted by Crippen LogP contribution is -2.25.